The second kappa shape index (κ2) is 5.06. The van der Waals surface area contributed by atoms with Gasteiger partial charge in [-0.3, -0.25) is 4.21 Å². The SMILES string of the molecule is CS(=O)CCNC1CCc2c(F)cccc21. The maximum atomic E-state index is 13.4. The van der Waals surface area contributed by atoms with Crippen molar-refractivity contribution in [1.82, 2.24) is 5.32 Å². The standard InChI is InChI=1S/C12H16FNOS/c1-16(15)8-7-14-12-6-5-9-10(12)3-2-4-11(9)13/h2-4,12,14H,5-8H2,1H3. The van der Waals surface area contributed by atoms with Gasteiger partial charge >= 0.3 is 0 Å². The molecule has 1 aromatic rings. The third-order valence-electron chi connectivity index (χ3n) is 2.99. The van der Waals surface area contributed by atoms with Gasteiger partial charge in [-0.25, -0.2) is 4.39 Å². The number of benzene rings is 1. The first-order valence-electron chi connectivity index (χ1n) is 5.49. The van der Waals surface area contributed by atoms with E-state index in [0.717, 1.165) is 30.5 Å². The zero-order valence-electron chi connectivity index (χ0n) is 9.33. The average molecular weight is 241 g/mol. The van der Waals surface area contributed by atoms with E-state index in [1.807, 2.05) is 6.07 Å². The van der Waals surface area contributed by atoms with Gasteiger partial charge in [0.1, 0.15) is 5.82 Å². The van der Waals surface area contributed by atoms with E-state index in [4.69, 9.17) is 0 Å². The number of hydrogen-bond acceptors (Lipinski definition) is 2. The van der Waals surface area contributed by atoms with Gasteiger partial charge in [-0.05, 0) is 30.0 Å². The Balaban J connectivity index is 2.01. The Labute approximate surface area is 97.7 Å². The summed E-state index contributed by atoms with van der Waals surface area (Å²) in [5.74, 6) is 0.557. The molecule has 1 aliphatic carbocycles. The number of fused-ring (bicyclic) bond motifs is 1. The Morgan fingerprint density at radius 3 is 3.12 bits per heavy atom. The first-order chi connectivity index (χ1) is 7.68. The fraction of sp³-hybridized carbons (Fsp3) is 0.500. The van der Waals surface area contributed by atoms with Crippen LogP contribution in [0.4, 0.5) is 4.39 Å². The van der Waals surface area contributed by atoms with Crippen LogP contribution in [0.25, 0.3) is 0 Å². The Morgan fingerprint density at radius 1 is 1.56 bits per heavy atom. The largest absolute Gasteiger partial charge is 0.309 e. The van der Waals surface area contributed by atoms with Crippen LogP contribution in [0.1, 0.15) is 23.6 Å². The molecule has 0 radical (unpaired) electrons. The van der Waals surface area contributed by atoms with Crippen LogP contribution in [0.3, 0.4) is 0 Å². The fourth-order valence-electron chi connectivity index (χ4n) is 2.20. The molecule has 0 spiro atoms. The fourth-order valence-corrected chi connectivity index (χ4v) is 2.60. The zero-order valence-corrected chi connectivity index (χ0v) is 10.1. The molecular formula is C12H16FNOS. The minimum Gasteiger partial charge on any atom is -0.309 e. The first-order valence-corrected chi connectivity index (χ1v) is 7.22. The molecule has 2 nitrogen and oxygen atoms in total. The van der Waals surface area contributed by atoms with Crippen molar-refractivity contribution < 1.29 is 8.60 Å². The summed E-state index contributed by atoms with van der Waals surface area (Å²) in [6, 6.07) is 5.48. The number of hydrogen-bond donors (Lipinski definition) is 1. The first kappa shape index (κ1) is 11.7. The minimum atomic E-state index is -0.764. The van der Waals surface area contributed by atoms with Crippen LogP contribution in [0.5, 0.6) is 0 Å². The number of rotatable bonds is 4. The van der Waals surface area contributed by atoms with E-state index in [1.54, 1.807) is 12.3 Å². The molecule has 0 bridgehead atoms. The Hall–Kier alpha value is -0.740. The Kier molecular flexibility index (Phi) is 3.71. The zero-order chi connectivity index (χ0) is 11.5. The van der Waals surface area contributed by atoms with Crippen molar-refractivity contribution in [2.45, 2.75) is 18.9 Å². The number of halogens is 1. The summed E-state index contributed by atoms with van der Waals surface area (Å²) < 4.78 is 24.4. The van der Waals surface area contributed by atoms with Crippen molar-refractivity contribution >= 4 is 10.8 Å². The van der Waals surface area contributed by atoms with Gasteiger partial charge in [0.15, 0.2) is 0 Å². The van der Waals surface area contributed by atoms with Gasteiger partial charge in [-0.1, -0.05) is 12.1 Å². The van der Waals surface area contributed by atoms with Crippen LogP contribution in [0, 0.1) is 5.82 Å². The highest BCUT2D eigenvalue weighted by Crippen LogP contribution is 2.32. The van der Waals surface area contributed by atoms with Crippen molar-refractivity contribution in [2.75, 3.05) is 18.6 Å². The van der Waals surface area contributed by atoms with Crippen molar-refractivity contribution in [3.05, 3.63) is 35.1 Å². The van der Waals surface area contributed by atoms with Crippen molar-refractivity contribution in [3.8, 4) is 0 Å². The van der Waals surface area contributed by atoms with Crippen LogP contribution in [0.15, 0.2) is 18.2 Å². The maximum absolute atomic E-state index is 13.4. The monoisotopic (exact) mass is 241 g/mol. The molecule has 0 saturated heterocycles. The summed E-state index contributed by atoms with van der Waals surface area (Å²) in [6.45, 7) is 0.726. The van der Waals surface area contributed by atoms with Crippen LogP contribution < -0.4 is 5.32 Å². The average Bonchev–Trinajstić information content (AvgIpc) is 2.63. The Morgan fingerprint density at radius 2 is 2.38 bits per heavy atom. The molecule has 0 fully saturated rings. The third-order valence-corrected chi connectivity index (χ3v) is 3.77. The van der Waals surface area contributed by atoms with Crippen molar-refractivity contribution in [1.29, 1.82) is 0 Å². The smallest absolute Gasteiger partial charge is 0.126 e. The molecule has 2 atom stereocenters. The third kappa shape index (κ3) is 2.50. The van der Waals surface area contributed by atoms with Gasteiger partial charge in [-0.2, -0.15) is 0 Å². The second-order valence-electron chi connectivity index (χ2n) is 4.13. The molecule has 88 valence electrons. The molecule has 16 heavy (non-hydrogen) atoms. The summed E-state index contributed by atoms with van der Waals surface area (Å²) in [6.07, 6.45) is 3.44. The highest BCUT2D eigenvalue weighted by Gasteiger charge is 2.23. The van der Waals surface area contributed by atoms with E-state index in [0.29, 0.717) is 5.75 Å². The molecule has 1 N–H and O–H groups in total. The van der Waals surface area contributed by atoms with Crippen molar-refractivity contribution in [3.63, 3.8) is 0 Å². The van der Waals surface area contributed by atoms with Crippen molar-refractivity contribution in [2.24, 2.45) is 0 Å². The van der Waals surface area contributed by atoms with Crippen LogP contribution in [-0.4, -0.2) is 22.8 Å². The van der Waals surface area contributed by atoms with E-state index < -0.39 is 10.8 Å². The predicted molar refractivity (Wildman–Crippen MR) is 64.4 cm³/mol. The molecule has 0 saturated carbocycles. The highest BCUT2D eigenvalue weighted by atomic mass is 32.2. The van der Waals surface area contributed by atoms with E-state index >= 15 is 0 Å². The molecule has 4 heteroatoms. The molecule has 1 aromatic carbocycles. The number of nitrogens with one attached hydrogen (secondary N) is 1. The maximum Gasteiger partial charge on any atom is 0.126 e. The van der Waals surface area contributed by atoms with Gasteiger partial charge in [-0.15, -0.1) is 0 Å². The lowest BCUT2D eigenvalue weighted by molar-refractivity contribution is 0.549. The van der Waals surface area contributed by atoms with E-state index in [1.165, 1.54) is 6.07 Å². The molecule has 2 rings (SSSR count). The lowest BCUT2D eigenvalue weighted by atomic mass is 10.1. The molecule has 0 aliphatic heterocycles. The van der Waals surface area contributed by atoms with E-state index in [9.17, 15) is 8.60 Å². The minimum absolute atomic E-state index is 0.0964. The molecule has 0 aromatic heterocycles. The molecule has 1 aliphatic rings. The lowest BCUT2D eigenvalue weighted by Gasteiger charge is -2.13. The lowest BCUT2D eigenvalue weighted by Crippen LogP contribution is -2.24. The summed E-state index contributed by atoms with van der Waals surface area (Å²) in [5, 5.41) is 3.34. The van der Waals surface area contributed by atoms with Gasteiger partial charge in [0, 0.05) is 35.4 Å². The van der Waals surface area contributed by atoms with Gasteiger partial charge in [0.05, 0.1) is 0 Å². The van der Waals surface area contributed by atoms with Gasteiger partial charge < -0.3 is 5.32 Å². The predicted octanol–water partition coefficient (Wildman–Crippen LogP) is 1.78. The van der Waals surface area contributed by atoms with E-state index in [-0.39, 0.29) is 11.9 Å². The summed E-state index contributed by atoms with van der Waals surface area (Å²) in [5.41, 5.74) is 1.92. The molecular weight excluding hydrogens is 225 g/mol. The van der Waals surface area contributed by atoms with E-state index in [2.05, 4.69) is 5.32 Å². The topological polar surface area (TPSA) is 29.1 Å². The summed E-state index contributed by atoms with van der Waals surface area (Å²) >= 11 is 0. The van der Waals surface area contributed by atoms with Crippen LogP contribution in [0.2, 0.25) is 0 Å². The summed E-state index contributed by atoms with van der Waals surface area (Å²) in [7, 11) is -0.764. The van der Waals surface area contributed by atoms with Crippen LogP contribution >= 0.6 is 0 Å². The molecule has 2 unspecified atom stereocenters. The Bertz CT molecular complexity index is 408. The quantitative estimate of drug-likeness (QED) is 0.870. The van der Waals surface area contributed by atoms with Gasteiger partial charge in [0.2, 0.25) is 0 Å². The second-order valence-corrected chi connectivity index (χ2v) is 5.68. The molecule has 0 heterocycles. The molecule has 0 amide bonds. The normalized spacial score (nSPS) is 20.8. The van der Waals surface area contributed by atoms with Crippen LogP contribution in [-0.2, 0) is 17.2 Å². The van der Waals surface area contributed by atoms with Gasteiger partial charge in [0.25, 0.3) is 0 Å². The summed E-state index contributed by atoms with van der Waals surface area (Å²) in [4.78, 5) is 0. The highest BCUT2D eigenvalue weighted by molar-refractivity contribution is 7.84.